The molecule has 0 saturated carbocycles. The first-order chi connectivity index (χ1) is 8.99. The molecule has 1 aliphatic heterocycles. The molecule has 1 unspecified atom stereocenters. The SMILES string of the molecule is CN(CC1CCCN1C)c1ncc(F)cc1C(=O)O. The molecule has 2 rings (SSSR count). The second kappa shape index (κ2) is 5.52. The van der Waals surface area contributed by atoms with Crippen LogP contribution in [0.2, 0.25) is 0 Å². The summed E-state index contributed by atoms with van der Waals surface area (Å²) in [5.74, 6) is -1.48. The predicted molar refractivity (Wildman–Crippen MR) is 70.1 cm³/mol. The van der Waals surface area contributed by atoms with Crippen LogP contribution in [0.25, 0.3) is 0 Å². The van der Waals surface area contributed by atoms with Crippen LogP contribution < -0.4 is 4.90 Å². The normalized spacial score (nSPS) is 19.6. The van der Waals surface area contributed by atoms with Gasteiger partial charge < -0.3 is 14.9 Å². The molecule has 19 heavy (non-hydrogen) atoms. The van der Waals surface area contributed by atoms with Crippen LogP contribution in [0.4, 0.5) is 10.2 Å². The summed E-state index contributed by atoms with van der Waals surface area (Å²) in [4.78, 5) is 19.1. The summed E-state index contributed by atoms with van der Waals surface area (Å²) >= 11 is 0. The standard InChI is InChI=1S/C13H18FN3O2/c1-16-5-3-4-10(16)8-17(2)12-11(13(18)19)6-9(14)7-15-12/h6-7,10H,3-5,8H2,1-2H3,(H,18,19). The first kappa shape index (κ1) is 13.7. The maximum absolute atomic E-state index is 13.1. The lowest BCUT2D eigenvalue weighted by atomic mass is 10.2. The van der Waals surface area contributed by atoms with Gasteiger partial charge >= 0.3 is 5.97 Å². The van der Waals surface area contributed by atoms with Gasteiger partial charge in [-0.15, -0.1) is 0 Å². The van der Waals surface area contributed by atoms with Crippen molar-refractivity contribution in [3.8, 4) is 0 Å². The summed E-state index contributed by atoms with van der Waals surface area (Å²) in [6, 6.07) is 1.40. The number of hydrogen-bond donors (Lipinski definition) is 1. The Bertz CT molecular complexity index is 481. The first-order valence-electron chi connectivity index (χ1n) is 6.29. The Morgan fingerprint density at radius 3 is 3.00 bits per heavy atom. The smallest absolute Gasteiger partial charge is 0.339 e. The van der Waals surface area contributed by atoms with E-state index in [0.717, 1.165) is 31.6 Å². The topological polar surface area (TPSA) is 56.7 Å². The zero-order chi connectivity index (χ0) is 14.0. The summed E-state index contributed by atoms with van der Waals surface area (Å²) in [6.45, 7) is 1.75. The molecule has 2 heterocycles. The highest BCUT2D eigenvalue weighted by molar-refractivity contribution is 5.93. The fraction of sp³-hybridized carbons (Fsp3) is 0.538. The molecule has 0 aromatic carbocycles. The number of hydrogen-bond acceptors (Lipinski definition) is 4. The van der Waals surface area contributed by atoms with Crippen molar-refractivity contribution >= 4 is 11.8 Å². The number of aromatic nitrogens is 1. The number of anilines is 1. The molecule has 104 valence electrons. The van der Waals surface area contributed by atoms with E-state index in [0.29, 0.717) is 18.4 Å². The van der Waals surface area contributed by atoms with Crippen LogP contribution >= 0.6 is 0 Å². The van der Waals surface area contributed by atoms with Crippen molar-refractivity contribution in [2.75, 3.05) is 32.1 Å². The molecule has 0 aliphatic carbocycles. The van der Waals surface area contributed by atoms with E-state index >= 15 is 0 Å². The quantitative estimate of drug-likeness (QED) is 0.894. The lowest BCUT2D eigenvalue weighted by Gasteiger charge is -2.27. The van der Waals surface area contributed by atoms with Gasteiger partial charge in [0, 0.05) is 19.6 Å². The summed E-state index contributed by atoms with van der Waals surface area (Å²) in [6.07, 6.45) is 3.29. The van der Waals surface area contributed by atoms with E-state index in [1.807, 2.05) is 0 Å². The molecule has 1 aliphatic rings. The minimum absolute atomic E-state index is 0.0943. The number of carbonyl (C=O) groups is 1. The van der Waals surface area contributed by atoms with Crippen molar-refractivity contribution in [2.45, 2.75) is 18.9 Å². The number of rotatable bonds is 4. The van der Waals surface area contributed by atoms with Gasteiger partial charge in [-0.2, -0.15) is 0 Å². The van der Waals surface area contributed by atoms with Crippen molar-refractivity contribution in [3.63, 3.8) is 0 Å². The minimum atomic E-state index is -1.16. The Kier molecular flexibility index (Phi) is 3.99. The number of aromatic carboxylic acids is 1. The van der Waals surface area contributed by atoms with Crippen molar-refractivity contribution in [1.82, 2.24) is 9.88 Å². The second-order valence-electron chi connectivity index (χ2n) is 4.99. The number of carboxylic acid groups (broad SMARTS) is 1. The van der Waals surface area contributed by atoms with E-state index in [-0.39, 0.29) is 5.56 Å². The van der Waals surface area contributed by atoms with E-state index in [4.69, 9.17) is 5.11 Å². The van der Waals surface area contributed by atoms with Crippen molar-refractivity contribution in [3.05, 3.63) is 23.6 Å². The molecular weight excluding hydrogens is 249 g/mol. The van der Waals surface area contributed by atoms with Crippen LogP contribution in [0, 0.1) is 5.82 Å². The van der Waals surface area contributed by atoms with Gasteiger partial charge in [0.2, 0.25) is 0 Å². The maximum Gasteiger partial charge on any atom is 0.339 e. The van der Waals surface area contributed by atoms with Gasteiger partial charge in [0.25, 0.3) is 0 Å². The number of pyridine rings is 1. The Morgan fingerprint density at radius 1 is 1.68 bits per heavy atom. The summed E-state index contributed by atoms with van der Waals surface area (Å²) < 4.78 is 13.1. The predicted octanol–water partition coefficient (Wildman–Crippen LogP) is 1.45. The fourth-order valence-corrected chi connectivity index (χ4v) is 2.51. The number of nitrogens with zero attached hydrogens (tertiary/aromatic N) is 3. The molecule has 5 nitrogen and oxygen atoms in total. The number of likely N-dealkylation sites (N-methyl/N-ethyl adjacent to an activating group) is 2. The highest BCUT2D eigenvalue weighted by atomic mass is 19.1. The molecule has 0 spiro atoms. The van der Waals surface area contributed by atoms with Crippen LogP contribution in [0.5, 0.6) is 0 Å². The summed E-state index contributed by atoms with van der Waals surface area (Å²) in [5, 5.41) is 9.11. The summed E-state index contributed by atoms with van der Waals surface area (Å²) in [7, 11) is 3.85. The monoisotopic (exact) mass is 267 g/mol. The van der Waals surface area contributed by atoms with Gasteiger partial charge in [-0.1, -0.05) is 0 Å². The average Bonchev–Trinajstić information content (AvgIpc) is 2.74. The Hall–Kier alpha value is -1.69. The molecule has 0 radical (unpaired) electrons. The number of carboxylic acids is 1. The van der Waals surface area contributed by atoms with Crippen LogP contribution in [-0.4, -0.2) is 54.2 Å². The second-order valence-corrected chi connectivity index (χ2v) is 4.99. The third-order valence-corrected chi connectivity index (χ3v) is 3.58. The zero-order valence-corrected chi connectivity index (χ0v) is 11.1. The number of halogens is 1. The van der Waals surface area contributed by atoms with Crippen LogP contribution in [0.3, 0.4) is 0 Å². The van der Waals surface area contributed by atoms with E-state index in [1.165, 1.54) is 0 Å². The summed E-state index contributed by atoms with van der Waals surface area (Å²) in [5.41, 5.74) is -0.0943. The van der Waals surface area contributed by atoms with E-state index in [9.17, 15) is 9.18 Å². The maximum atomic E-state index is 13.1. The van der Waals surface area contributed by atoms with Gasteiger partial charge in [0.05, 0.1) is 6.20 Å². The lowest BCUT2D eigenvalue weighted by Crippen LogP contribution is -2.37. The molecule has 1 N–H and O–H groups in total. The molecule has 1 fully saturated rings. The largest absolute Gasteiger partial charge is 0.478 e. The highest BCUT2D eigenvalue weighted by Crippen LogP contribution is 2.21. The van der Waals surface area contributed by atoms with E-state index in [1.54, 1.807) is 11.9 Å². The molecular formula is C13H18FN3O2. The van der Waals surface area contributed by atoms with Gasteiger partial charge in [0.15, 0.2) is 0 Å². The molecule has 1 saturated heterocycles. The van der Waals surface area contributed by atoms with Crippen LogP contribution in [0.15, 0.2) is 12.3 Å². The Labute approximate surface area is 111 Å². The number of likely N-dealkylation sites (tertiary alicyclic amines) is 1. The lowest BCUT2D eigenvalue weighted by molar-refractivity contribution is 0.0696. The Balaban J connectivity index is 2.18. The van der Waals surface area contributed by atoms with Gasteiger partial charge in [-0.05, 0) is 32.5 Å². The first-order valence-corrected chi connectivity index (χ1v) is 6.29. The average molecular weight is 267 g/mol. The van der Waals surface area contributed by atoms with Gasteiger partial charge in [-0.3, -0.25) is 0 Å². The van der Waals surface area contributed by atoms with Gasteiger partial charge in [-0.25, -0.2) is 14.2 Å². The van der Waals surface area contributed by atoms with Crippen LogP contribution in [-0.2, 0) is 0 Å². The van der Waals surface area contributed by atoms with Crippen molar-refractivity contribution in [2.24, 2.45) is 0 Å². The van der Waals surface area contributed by atoms with Crippen LogP contribution in [0.1, 0.15) is 23.2 Å². The Morgan fingerprint density at radius 2 is 2.42 bits per heavy atom. The third-order valence-electron chi connectivity index (χ3n) is 3.58. The van der Waals surface area contributed by atoms with E-state index in [2.05, 4.69) is 16.9 Å². The molecule has 6 heteroatoms. The van der Waals surface area contributed by atoms with Crippen molar-refractivity contribution in [1.29, 1.82) is 0 Å². The van der Waals surface area contributed by atoms with Gasteiger partial charge in [0.1, 0.15) is 17.2 Å². The fourth-order valence-electron chi connectivity index (χ4n) is 2.51. The molecule has 1 atom stereocenters. The minimum Gasteiger partial charge on any atom is -0.478 e. The van der Waals surface area contributed by atoms with Crippen molar-refractivity contribution < 1.29 is 14.3 Å². The zero-order valence-electron chi connectivity index (χ0n) is 11.1. The molecule has 1 aromatic rings. The molecule has 1 aromatic heterocycles. The van der Waals surface area contributed by atoms with E-state index < -0.39 is 11.8 Å². The molecule has 0 amide bonds. The molecule has 0 bridgehead atoms. The third kappa shape index (κ3) is 3.01. The highest BCUT2D eigenvalue weighted by Gasteiger charge is 2.24.